The van der Waals surface area contributed by atoms with Crippen LogP contribution in [0.25, 0.3) is 0 Å². The number of carbonyl (C=O) groups is 1. The molecular weight excluding hydrogens is 300 g/mol. The van der Waals surface area contributed by atoms with Crippen molar-refractivity contribution in [3.05, 3.63) is 29.2 Å². The monoisotopic (exact) mass is 318 g/mol. The van der Waals surface area contributed by atoms with E-state index in [4.69, 9.17) is 13.8 Å². The highest BCUT2D eigenvalue weighted by atomic mass is 16.5. The number of nitrogens with zero attached hydrogens (tertiary/aromatic N) is 4. The fourth-order valence-electron chi connectivity index (χ4n) is 3.36. The first-order chi connectivity index (χ1) is 11.1. The molecule has 0 radical (unpaired) electrons. The van der Waals surface area contributed by atoms with Crippen LogP contribution in [0.5, 0.6) is 0 Å². The van der Waals surface area contributed by atoms with Crippen molar-refractivity contribution in [2.24, 2.45) is 5.92 Å². The Hall–Kier alpha value is -2.22. The molecule has 3 atom stereocenters. The van der Waals surface area contributed by atoms with Gasteiger partial charge in [0, 0.05) is 26.1 Å². The summed E-state index contributed by atoms with van der Waals surface area (Å²) in [6, 6.07) is 1.66. The Kier molecular flexibility index (Phi) is 3.41. The van der Waals surface area contributed by atoms with Gasteiger partial charge in [-0.2, -0.15) is 4.98 Å². The van der Waals surface area contributed by atoms with Crippen LogP contribution in [0.15, 0.2) is 15.1 Å². The molecule has 2 aromatic rings. The van der Waals surface area contributed by atoms with Crippen LogP contribution in [0.3, 0.4) is 0 Å². The number of amides is 1. The molecule has 4 heterocycles. The summed E-state index contributed by atoms with van der Waals surface area (Å²) in [5.41, 5.74) is 0.351. The molecule has 2 aliphatic heterocycles. The summed E-state index contributed by atoms with van der Waals surface area (Å²) in [5, 5.41) is 7.75. The van der Waals surface area contributed by atoms with Crippen molar-refractivity contribution in [1.82, 2.24) is 20.2 Å². The predicted molar refractivity (Wildman–Crippen MR) is 76.5 cm³/mol. The van der Waals surface area contributed by atoms with Gasteiger partial charge in [-0.3, -0.25) is 4.79 Å². The summed E-state index contributed by atoms with van der Waals surface area (Å²) in [6.45, 7) is 4.79. The predicted octanol–water partition coefficient (Wildman–Crippen LogP) is 1.67. The van der Waals surface area contributed by atoms with Crippen molar-refractivity contribution in [1.29, 1.82) is 0 Å². The quantitative estimate of drug-likeness (QED) is 0.831. The van der Waals surface area contributed by atoms with Crippen LogP contribution in [-0.2, 0) is 4.74 Å². The molecule has 0 spiro atoms. The maximum Gasteiger partial charge on any atom is 0.276 e. The van der Waals surface area contributed by atoms with Gasteiger partial charge in [-0.05, 0) is 25.7 Å². The average Bonchev–Trinajstić information content (AvgIpc) is 3.24. The van der Waals surface area contributed by atoms with Gasteiger partial charge >= 0.3 is 0 Å². The van der Waals surface area contributed by atoms with Crippen LogP contribution in [0.1, 0.15) is 46.9 Å². The molecule has 0 N–H and O–H groups in total. The van der Waals surface area contributed by atoms with E-state index in [-0.39, 0.29) is 18.1 Å². The molecule has 0 unspecified atom stereocenters. The summed E-state index contributed by atoms with van der Waals surface area (Å²) in [4.78, 5) is 18.5. The third kappa shape index (κ3) is 2.63. The second kappa shape index (κ2) is 5.45. The van der Waals surface area contributed by atoms with Gasteiger partial charge in [0.15, 0.2) is 5.69 Å². The van der Waals surface area contributed by atoms with Gasteiger partial charge in [0.2, 0.25) is 11.7 Å². The minimum Gasteiger partial charge on any atom is -0.365 e. The molecule has 0 saturated carbocycles. The number of rotatable bonds is 2. The highest BCUT2D eigenvalue weighted by Gasteiger charge is 2.42. The summed E-state index contributed by atoms with van der Waals surface area (Å²) >= 11 is 0. The molecule has 8 nitrogen and oxygen atoms in total. The van der Waals surface area contributed by atoms with Crippen molar-refractivity contribution < 1.29 is 18.6 Å². The number of aromatic nitrogens is 3. The van der Waals surface area contributed by atoms with Gasteiger partial charge in [0.05, 0.1) is 6.10 Å². The van der Waals surface area contributed by atoms with E-state index in [2.05, 4.69) is 15.3 Å². The molecule has 2 aliphatic rings. The molecule has 0 aliphatic carbocycles. The van der Waals surface area contributed by atoms with Crippen LogP contribution in [0.2, 0.25) is 0 Å². The third-order valence-electron chi connectivity index (χ3n) is 4.52. The van der Waals surface area contributed by atoms with Crippen LogP contribution in [0, 0.1) is 19.8 Å². The molecule has 4 rings (SSSR count). The van der Waals surface area contributed by atoms with E-state index in [1.165, 1.54) is 0 Å². The van der Waals surface area contributed by atoms with Crippen molar-refractivity contribution >= 4 is 5.91 Å². The summed E-state index contributed by atoms with van der Waals surface area (Å²) in [7, 11) is 0. The van der Waals surface area contributed by atoms with E-state index in [1.807, 2.05) is 0 Å². The molecule has 0 bridgehead atoms. The van der Waals surface area contributed by atoms with E-state index in [0.717, 1.165) is 12.8 Å². The molecule has 0 aromatic carbocycles. The number of ether oxygens (including phenoxy) is 1. The minimum atomic E-state index is -0.146. The van der Waals surface area contributed by atoms with Crippen molar-refractivity contribution in [2.45, 2.75) is 38.9 Å². The van der Waals surface area contributed by atoms with Crippen LogP contribution in [-0.4, -0.2) is 45.3 Å². The van der Waals surface area contributed by atoms with Crippen molar-refractivity contribution in [3.8, 4) is 0 Å². The Morgan fingerprint density at radius 3 is 2.87 bits per heavy atom. The fourth-order valence-corrected chi connectivity index (χ4v) is 3.36. The maximum atomic E-state index is 12.5. The molecule has 2 fully saturated rings. The molecular formula is C15H18N4O4. The van der Waals surface area contributed by atoms with Gasteiger partial charge in [-0.15, -0.1) is 0 Å². The highest BCUT2D eigenvalue weighted by molar-refractivity contribution is 5.92. The summed E-state index contributed by atoms with van der Waals surface area (Å²) in [5.74, 6) is 2.08. The first-order valence-electron chi connectivity index (χ1n) is 7.78. The van der Waals surface area contributed by atoms with Gasteiger partial charge in [-0.25, -0.2) is 0 Å². The second-order valence-corrected chi connectivity index (χ2v) is 6.19. The normalized spacial score (nSPS) is 27.2. The number of carbonyl (C=O) groups excluding carboxylic acids is 1. The first-order valence-corrected chi connectivity index (χ1v) is 7.78. The molecule has 2 aromatic heterocycles. The van der Waals surface area contributed by atoms with Gasteiger partial charge < -0.3 is 18.7 Å². The summed E-state index contributed by atoms with van der Waals surface area (Å²) in [6.07, 6.45) is 1.63. The average molecular weight is 318 g/mol. The van der Waals surface area contributed by atoms with E-state index in [9.17, 15) is 4.79 Å². The lowest BCUT2D eigenvalue weighted by Gasteiger charge is -2.33. The van der Waals surface area contributed by atoms with E-state index in [0.29, 0.717) is 42.2 Å². The van der Waals surface area contributed by atoms with Gasteiger partial charge in [0.25, 0.3) is 5.91 Å². The minimum absolute atomic E-state index is 0.00417. The molecule has 122 valence electrons. The number of hydrogen-bond acceptors (Lipinski definition) is 7. The maximum absolute atomic E-state index is 12.5. The van der Waals surface area contributed by atoms with Gasteiger partial charge in [-0.1, -0.05) is 10.3 Å². The standard InChI is InChI=1S/C15H18N4O4/c1-8-5-11(17-22-8)15(20)19-4-3-10-6-12(21-13(10)7-19)14-16-9(2)23-18-14/h5,10,12-13H,3-4,6-7H2,1-2H3/t10-,12-,13+/m1/s1. The zero-order valence-electron chi connectivity index (χ0n) is 13.1. The number of likely N-dealkylation sites (tertiary alicyclic amines) is 1. The van der Waals surface area contributed by atoms with Crippen LogP contribution in [0.4, 0.5) is 0 Å². The van der Waals surface area contributed by atoms with Crippen LogP contribution < -0.4 is 0 Å². The van der Waals surface area contributed by atoms with Crippen molar-refractivity contribution in [2.75, 3.05) is 13.1 Å². The Bertz CT molecular complexity index is 725. The van der Waals surface area contributed by atoms with Gasteiger partial charge in [0.1, 0.15) is 11.9 Å². The number of aryl methyl sites for hydroxylation is 2. The molecule has 2 saturated heterocycles. The number of fused-ring (bicyclic) bond motifs is 1. The third-order valence-corrected chi connectivity index (χ3v) is 4.52. The van der Waals surface area contributed by atoms with Crippen LogP contribution >= 0.6 is 0 Å². The lowest BCUT2D eigenvalue weighted by molar-refractivity contribution is -0.00772. The highest BCUT2D eigenvalue weighted by Crippen LogP contribution is 2.40. The van der Waals surface area contributed by atoms with E-state index >= 15 is 0 Å². The fraction of sp³-hybridized carbons (Fsp3) is 0.600. The van der Waals surface area contributed by atoms with Crippen molar-refractivity contribution in [3.63, 3.8) is 0 Å². The lowest BCUT2D eigenvalue weighted by atomic mass is 9.91. The van der Waals surface area contributed by atoms with E-state index < -0.39 is 0 Å². The second-order valence-electron chi connectivity index (χ2n) is 6.19. The zero-order chi connectivity index (χ0) is 16.0. The Balaban J connectivity index is 1.44. The number of piperidine rings is 1. The summed E-state index contributed by atoms with van der Waals surface area (Å²) < 4.78 is 16.1. The first kappa shape index (κ1) is 14.4. The topological polar surface area (TPSA) is 94.5 Å². The smallest absolute Gasteiger partial charge is 0.276 e. The zero-order valence-corrected chi connectivity index (χ0v) is 13.1. The molecule has 1 amide bonds. The van der Waals surface area contributed by atoms with E-state index in [1.54, 1.807) is 24.8 Å². The molecule has 8 heteroatoms. The Morgan fingerprint density at radius 1 is 1.30 bits per heavy atom. The number of hydrogen-bond donors (Lipinski definition) is 0. The Morgan fingerprint density at radius 2 is 2.17 bits per heavy atom. The SMILES string of the molecule is Cc1cc(C(=O)N2CC[C@@H]3C[C@H](c4noc(C)n4)O[C@H]3C2)no1. The largest absolute Gasteiger partial charge is 0.365 e. The lowest BCUT2D eigenvalue weighted by Crippen LogP contribution is -2.45. The molecule has 23 heavy (non-hydrogen) atoms. The Labute approximate surface area is 132 Å².